The number of hydrogen-bond donors (Lipinski definition) is 0. The van der Waals surface area contributed by atoms with Crippen molar-refractivity contribution in [3.05, 3.63) is 24.0 Å². The van der Waals surface area contributed by atoms with Crippen molar-refractivity contribution >= 4 is 21.4 Å². The Morgan fingerprint density at radius 2 is 2.17 bits per heavy atom. The molecule has 1 atom stereocenters. The van der Waals surface area contributed by atoms with E-state index in [2.05, 4.69) is 11.2 Å². The Morgan fingerprint density at radius 3 is 2.75 bits per heavy atom. The smallest absolute Gasteiger partial charge is 0.327 e. The SMILES string of the molecule is CCOC(=O)[C@@](C)(CCn1cc(C2=CCCCC2)cn1)S(C)(=O)=O. The summed E-state index contributed by atoms with van der Waals surface area (Å²) in [6, 6.07) is 0. The highest BCUT2D eigenvalue weighted by molar-refractivity contribution is 7.92. The number of allylic oxidation sites excluding steroid dienone is 2. The van der Waals surface area contributed by atoms with Gasteiger partial charge in [-0.15, -0.1) is 0 Å². The van der Waals surface area contributed by atoms with Gasteiger partial charge in [0.05, 0.1) is 12.8 Å². The van der Waals surface area contributed by atoms with Crippen LogP contribution in [0.25, 0.3) is 5.57 Å². The lowest BCUT2D eigenvalue weighted by atomic mass is 9.96. The molecule has 7 heteroatoms. The molecule has 0 bridgehead atoms. The third-order valence-corrected chi connectivity index (χ3v) is 6.65. The predicted molar refractivity (Wildman–Crippen MR) is 93.2 cm³/mol. The Kier molecular flexibility index (Phi) is 5.85. The zero-order valence-corrected chi connectivity index (χ0v) is 15.4. The predicted octanol–water partition coefficient (Wildman–Crippen LogP) is 2.60. The molecule has 6 nitrogen and oxygen atoms in total. The Bertz CT molecular complexity index is 721. The fourth-order valence-electron chi connectivity index (χ4n) is 2.80. The fourth-order valence-corrected chi connectivity index (χ4v) is 3.63. The second kappa shape index (κ2) is 7.51. The number of ether oxygens (including phenoxy) is 1. The summed E-state index contributed by atoms with van der Waals surface area (Å²) in [6.45, 7) is 3.59. The van der Waals surface area contributed by atoms with Crippen LogP contribution < -0.4 is 0 Å². The van der Waals surface area contributed by atoms with Crippen molar-refractivity contribution in [3.8, 4) is 0 Å². The van der Waals surface area contributed by atoms with E-state index in [9.17, 15) is 13.2 Å². The highest BCUT2D eigenvalue weighted by Gasteiger charge is 2.44. The van der Waals surface area contributed by atoms with Gasteiger partial charge in [-0.3, -0.25) is 9.48 Å². The Morgan fingerprint density at radius 1 is 1.42 bits per heavy atom. The summed E-state index contributed by atoms with van der Waals surface area (Å²) in [5.74, 6) is -0.699. The third-order valence-electron chi connectivity index (χ3n) is 4.64. The van der Waals surface area contributed by atoms with E-state index in [-0.39, 0.29) is 13.0 Å². The van der Waals surface area contributed by atoms with Crippen molar-refractivity contribution in [2.24, 2.45) is 0 Å². The second-order valence-corrected chi connectivity index (χ2v) is 8.89. The lowest BCUT2D eigenvalue weighted by molar-refractivity contribution is -0.146. The summed E-state index contributed by atoms with van der Waals surface area (Å²) in [6.07, 6.45) is 11.7. The normalized spacial score (nSPS) is 17.9. The largest absolute Gasteiger partial charge is 0.465 e. The maximum absolute atomic E-state index is 12.1. The molecule has 0 radical (unpaired) electrons. The summed E-state index contributed by atoms with van der Waals surface area (Å²) in [4.78, 5) is 12.1. The van der Waals surface area contributed by atoms with Crippen molar-refractivity contribution in [1.82, 2.24) is 9.78 Å². The minimum atomic E-state index is -3.60. The van der Waals surface area contributed by atoms with Crippen LogP contribution in [-0.4, -0.2) is 41.8 Å². The molecule has 0 saturated heterocycles. The second-order valence-electron chi connectivity index (χ2n) is 6.44. The van der Waals surface area contributed by atoms with Gasteiger partial charge in [-0.25, -0.2) is 8.42 Å². The quantitative estimate of drug-likeness (QED) is 0.703. The van der Waals surface area contributed by atoms with Crippen molar-refractivity contribution in [2.75, 3.05) is 12.9 Å². The van der Waals surface area contributed by atoms with Crippen molar-refractivity contribution in [1.29, 1.82) is 0 Å². The minimum absolute atomic E-state index is 0.130. The molecule has 1 aliphatic carbocycles. The van der Waals surface area contributed by atoms with E-state index < -0.39 is 20.6 Å². The molecule has 1 aromatic rings. The highest BCUT2D eigenvalue weighted by Crippen LogP contribution is 2.27. The number of aromatic nitrogens is 2. The first-order chi connectivity index (χ1) is 11.3. The molecule has 0 aromatic carbocycles. The van der Waals surface area contributed by atoms with E-state index in [1.165, 1.54) is 25.3 Å². The van der Waals surface area contributed by atoms with Gasteiger partial charge in [-0.2, -0.15) is 5.10 Å². The van der Waals surface area contributed by atoms with Crippen LogP contribution in [0.4, 0.5) is 0 Å². The Hall–Kier alpha value is -1.63. The zero-order valence-electron chi connectivity index (χ0n) is 14.6. The third kappa shape index (κ3) is 4.06. The number of carbonyl (C=O) groups is 1. The molecule has 0 aliphatic heterocycles. The first-order valence-electron chi connectivity index (χ1n) is 8.36. The standard InChI is InChI=1S/C17H26N2O4S/c1-4-23-16(20)17(2,24(3,21)22)10-11-19-13-15(12-18-19)14-8-6-5-7-9-14/h8,12-13H,4-7,9-11H2,1-3H3/t17-/m1/s1. The number of hydrogen-bond acceptors (Lipinski definition) is 5. The summed E-state index contributed by atoms with van der Waals surface area (Å²) in [7, 11) is -3.60. The topological polar surface area (TPSA) is 78.3 Å². The van der Waals surface area contributed by atoms with Crippen LogP contribution in [0.1, 0.15) is 51.5 Å². The molecular weight excluding hydrogens is 328 g/mol. The molecule has 1 heterocycles. The minimum Gasteiger partial charge on any atom is -0.465 e. The highest BCUT2D eigenvalue weighted by atomic mass is 32.2. The lowest BCUT2D eigenvalue weighted by Crippen LogP contribution is -2.45. The van der Waals surface area contributed by atoms with Gasteiger partial charge in [0.25, 0.3) is 0 Å². The van der Waals surface area contributed by atoms with Crippen molar-refractivity contribution in [2.45, 2.75) is 57.2 Å². The molecular formula is C17H26N2O4S. The molecule has 1 aromatic heterocycles. The van der Waals surface area contributed by atoms with E-state index in [0.717, 1.165) is 24.7 Å². The summed E-state index contributed by atoms with van der Waals surface area (Å²) < 4.78 is 29.3. The van der Waals surface area contributed by atoms with Gasteiger partial charge in [-0.05, 0) is 51.5 Å². The number of nitrogens with zero attached hydrogens (tertiary/aromatic N) is 2. The number of carbonyl (C=O) groups excluding carboxylic acids is 1. The fraction of sp³-hybridized carbons (Fsp3) is 0.647. The molecule has 0 spiro atoms. The Labute approximate surface area is 143 Å². The summed E-state index contributed by atoms with van der Waals surface area (Å²) >= 11 is 0. The number of esters is 1. The van der Waals surface area contributed by atoms with Crippen molar-refractivity contribution < 1.29 is 17.9 Å². The monoisotopic (exact) mass is 354 g/mol. The van der Waals surface area contributed by atoms with Gasteiger partial charge in [0.15, 0.2) is 14.6 Å². The Balaban J connectivity index is 2.11. The molecule has 0 unspecified atom stereocenters. The van der Waals surface area contributed by atoms with Crippen LogP contribution in [-0.2, 0) is 25.9 Å². The maximum atomic E-state index is 12.1. The van der Waals surface area contributed by atoms with Gasteiger partial charge in [0, 0.05) is 24.6 Å². The molecule has 0 amide bonds. The molecule has 1 aliphatic rings. The van der Waals surface area contributed by atoms with Crippen LogP contribution in [0.2, 0.25) is 0 Å². The van der Waals surface area contributed by atoms with Gasteiger partial charge >= 0.3 is 5.97 Å². The van der Waals surface area contributed by atoms with E-state index in [0.29, 0.717) is 6.54 Å². The zero-order chi connectivity index (χ0) is 17.8. The first kappa shape index (κ1) is 18.7. The average molecular weight is 354 g/mol. The maximum Gasteiger partial charge on any atom is 0.327 e. The molecule has 0 saturated carbocycles. The lowest BCUT2D eigenvalue weighted by Gasteiger charge is -2.25. The van der Waals surface area contributed by atoms with Gasteiger partial charge in [0.2, 0.25) is 0 Å². The summed E-state index contributed by atoms with van der Waals surface area (Å²) in [5.41, 5.74) is 2.37. The molecule has 134 valence electrons. The van der Waals surface area contributed by atoms with Crippen molar-refractivity contribution in [3.63, 3.8) is 0 Å². The van der Waals surface area contributed by atoms with Gasteiger partial charge < -0.3 is 4.74 Å². The van der Waals surface area contributed by atoms with Crippen LogP contribution in [0.5, 0.6) is 0 Å². The molecule has 2 rings (SSSR count). The van der Waals surface area contributed by atoms with E-state index in [1.807, 2.05) is 6.20 Å². The first-order valence-corrected chi connectivity index (χ1v) is 10.3. The van der Waals surface area contributed by atoms with Crippen LogP contribution >= 0.6 is 0 Å². The van der Waals surface area contributed by atoms with Gasteiger partial charge in [0.1, 0.15) is 0 Å². The van der Waals surface area contributed by atoms with E-state index in [4.69, 9.17) is 4.74 Å². The molecule has 24 heavy (non-hydrogen) atoms. The number of aryl methyl sites for hydroxylation is 1. The van der Waals surface area contributed by atoms with Crippen LogP contribution in [0.15, 0.2) is 18.5 Å². The van der Waals surface area contributed by atoms with Crippen LogP contribution in [0.3, 0.4) is 0 Å². The molecule has 0 fully saturated rings. The van der Waals surface area contributed by atoms with Gasteiger partial charge in [-0.1, -0.05) is 6.08 Å². The van der Waals surface area contributed by atoms with Crippen LogP contribution in [0, 0.1) is 0 Å². The number of sulfone groups is 1. The molecule has 0 N–H and O–H groups in total. The summed E-state index contributed by atoms with van der Waals surface area (Å²) in [5, 5.41) is 4.31. The van der Waals surface area contributed by atoms with E-state index >= 15 is 0 Å². The number of rotatable bonds is 7. The van der Waals surface area contributed by atoms with E-state index in [1.54, 1.807) is 17.8 Å². The average Bonchev–Trinajstić information content (AvgIpc) is 3.01.